The monoisotopic (exact) mass is 347 g/mol. The van der Waals surface area contributed by atoms with Crippen molar-refractivity contribution < 1.29 is 9.47 Å². The van der Waals surface area contributed by atoms with Crippen molar-refractivity contribution in [3.8, 4) is 11.5 Å². The Kier molecular flexibility index (Phi) is 4.79. The average molecular weight is 347 g/mol. The summed E-state index contributed by atoms with van der Waals surface area (Å²) in [6, 6.07) is 12.5. The molecule has 134 valence electrons. The second kappa shape index (κ2) is 7.36. The highest BCUT2D eigenvalue weighted by Crippen LogP contribution is 2.36. The van der Waals surface area contributed by atoms with E-state index < -0.39 is 0 Å². The van der Waals surface area contributed by atoms with Crippen LogP contribution in [0.3, 0.4) is 0 Å². The minimum atomic E-state index is 0.300. The van der Waals surface area contributed by atoms with E-state index in [-0.39, 0.29) is 0 Å². The Morgan fingerprint density at radius 2 is 1.92 bits per heavy atom. The first-order chi connectivity index (χ1) is 12.7. The molecular formula is C23H25NO2. The van der Waals surface area contributed by atoms with Crippen LogP contribution in [0.2, 0.25) is 0 Å². The van der Waals surface area contributed by atoms with Crippen molar-refractivity contribution in [3.63, 3.8) is 0 Å². The first-order valence-corrected chi connectivity index (χ1v) is 9.42. The van der Waals surface area contributed by atoms with Crippen LogP contribution in [0.4, 0.5) is 5.69 Å². The summed E-state index contributed by atoms with van der Waals surface area (Å²) in [5.74, 6) is 1.65. The molecule has 1 fully saturated rings. The molecule has 0 atom stereocenters. The molecule has 3 heteroatoms. The van der Waals surface area contributed by atoms with Crippen molar-refractivity contribution in [2.75, 3.05) is 7.11 Å². The Morgan fingerprint density at radius 1 is 1.08 bits per heavy atom. The van der Waals surface area contributed by atoms with Crippen molar-refractivity contribution in [1.29, 1.82) is 0 Å². The molecule has 0 unspecified atom stereocenters. The largest absolute Gasteiger partial charge is 0.493 e. The van der Waals surface area contributed by atoms with E-state index in [4.69, 9.17) is 14.5 Å². The summed E-state index contributed by atoms with van der Waals surface area (Å²) >= 11 is 0. The third-order valence-corrected chi connectivity index (χ3v) is 5.14. The van der Waals surface area contributed by atoms with Crippen LogP contribution < -0.4 is 9.47 Å². The molecule has 0 bridgehead atoms. The van der Waals surface area contributed by atoms with Crippen LogP contribution in [0.15, 0.2) is 47.5 Å². The number of ether oxygens (including phenoxy) is 2. The van der Waals surface area contributed by atoms with E-state index in [1.165, 1.54) is 24.0 Å². The minimum absolute atomic E-state index is 0.300. The summed E-state index contributed by atoms with van der Waals surface area (Å²) in [6.45, 7) is 2.12. The van der Waals surface area contributed by atoms with Crippen LogP contribution in [0.25, 0.3) is 6.08 Å². The van der Waals surface area contributed by atoms with Gasteiger partial charge < -0.3 is 9.47 Å². The van der Waals surface area contributed by atoms with Gasteiger partial charge in [0.05, 0.1) is 18.9 Å². The standard InChI is InChI=1S/C23H25NO2/c1-16-10-13-21-18(14-16)15-19(24-21)12-11-17-6-5-9-22(25-2)23(17)26-20-7-3-4-8-20/h5-6,9-14,20H,3-4,7-8,15H2,1-2H3/b12-11+. The van der Waals surface area contributed by atoms with Gasteiger partial charge in [-0.05, 0) is 62.5 Å². The second-order valence-corrected chi connectivity index (χ2v) is 7.15. The van der Waals surface area contributed by atoms with Crippen molar-refractivity contribution in [2.45, 2.75) is 45.1 Å². The lowest BCUT2D eigenvalue weighted by Crippen LogP contribution is -2.12. The summed E-state index contributed by atoms with van der Waals surface area (Å²) in [7, 11) is 1.70. The molecule has 2 aliphatic rings. The molecule has 4 rings (SSSR count). The van der Waals surface area contributed by atoms with Gasteiger partial charge in [-0.1, -0.05) is 29.8 Å². The van der Waals surface area contributed by atoms with Crippen LogP contribution in [-0.4, -0.2) is 18.9 Å². The van der Waals surface area contributed by atoms with E-state index in [0.717, 1.165) is 47.7 Å². The van der Waals surface area contributed by atoms with E-state index in [2.05, 4.69) is 43.3 Å². The van der Waals surface area contributed by atoms with E-state index in [0.29, 0.717) is 6.10 Å². The van der Waals surface area contributed by atoms with Crippen LogP contribution in [0.1, 0.15) is 42.4 Å². The number of aliphatic imine (C=N–C) groups is 1. The molecule has 1 aliphatic carbocycles. The Labute approximate surface area is 155 Å². The molecule has 0 spiro atoms. The first kappa shape index (κ1) is 16.9. The molecule has 1 saturated carbocycles. The molecule has 2 aromatic rings. The van der Waals surface area contributed by atoms with Gasteiger partial charge in [-0.25, -0.2) is 0 Å². The molecule has 3 nitrogen and oxygen atoms in total. The lowest BCUT2D eigenvalue weighted by Gasteiger charge is -2.18. The van der Waals surface area contributed by atoms with Crippen molar-refractivity contribution >= 4 is 17.5 Å². The molecule has 0 N–H and O–H groups in total. The zero-order valence-corrected chi connectivity index (χ0v) is 15.5. The summed E-state index contributed by atoms with van der Waals surface area (Å²) < 4.78 is 11.8. The second-order valence-electron chi connectivity index (χ2n) is 7.15. The fraction of sp³-hybridized carbons (Fsp3) is 0.348. The van der Waals surface area contributed by atoms with Crippen molar-refractivity contribution in [2.24, 2.45) is 4.99 Å². The zero-order valence-electron chi connectivity index (χ0n) is 15.5. The van der Waals surface area contributed by atoms with E-state index >= 15 is 0 Å². The number of methoxy groups -OCH3 is 1. The number of hydrogen-bond donors (Lipinski definition) is 0. The van der Waals surface area contributed by atoms with Gasteiger partial charge >= 0.3 is 0 Å². The van der Waals surface area contributed by atoms with Crippen LogP contribution >= 0.6 is 0 Å². The van der Waals surface area contributed by atoms with Gasteiger partial charge in [0, 0.05) is 17.7 Å². The molecule has 26 heavy (non-hydrogen) atoms. The van der Waals surface area contributed by atoms with E-state index in [9.17, 15) is 0 Å². The third-order valence-electron chi connectivity index (χ3n) is 5.14. The topological polar surface area (TPSA) is 30.8 Å². The Balaban J connectivity index is 1.57. The number of benzene rings is 2. The number of fused-ring (bicyclic) bond motifs is 1. The van der Waals surface area contributed by atoms with Crippen LogP contribution in [0, 0.1) is 6.92 Å². The molecular weight excluding hydrogens is 322 g/mol. The lowest BCUT2D eigenvalue weighted by molar-refractivity contribution is 0.200. The Bertz CT molecular complexity index is 861. The maximum absolute atomic E-state index is 6.31. The predicted molar refractivity (Wildman–Crippen MR) is 107 cm³/mol. The fourth-order valence-electron chi connectivity index (χ4n) is 3.76. The Morgan fingerprint density at radius 3 is 2.73 bits per heavy atom. The smallest absolute Gasteiger partial charge is 0.168 e. The molecule has 0 radical (unpaired) electrons. The van der Waals surface area contributed by atoms with Crippen LogP contribution in [0.5, 0.6) is 11.5 Å². The van der Waals surface area contributed by atoms with Crippen molar-refractivity contribution in [3.05, 3.63) is 59.2 Å². The molecule has 2 aromatic carbocycles. The minimum Gasteiger partial charge on any atom is -0.493 e. The molecule has 0 aromatic heterocycles. The molecule has 1 heterocycles. The van der Waals surface area contributed by atoms with Crippen LogP contribution in [-0.2, 0) is 6.42 Å². The zero-order chi connectivity index (χ0) is 17.9. The predicted octanol–water partition coefficient (Wildman–Crippen LogP) is 5.67. The van der Waals surface area contributed by atoms with Gasteiger partial charge in [0.15, 0.2) is 11.5 Å². The summed E-state index contributed by atoms with van der Waals surface area (Å²) in [5, 5.41) is 0. The summed E-state index contributed by atoms with van der Waals surface area (Å²) in [6.07, 6.45) is 10.1. The maximum Gasteiger partial charge on any atom is 0.168 e. The quantitative estimate of drug-likeness (QED) is 0.698. The summed E-state index contributed by atoms with van der Waals surface area (Å²) in [4.78, 5) is 4.74. The Hall–Kier alpha value is -2.55. The van der Waals surface area contributed by atoms with Gasteiger partial charge in [-0.2, -0.15) is 0 Å². The number of aryl methyl sites for hydroxylation is 1. The SMILES string of the molecule is COc1cccc(/C=C/C2=Nc3ccc(C)cc3C2)c1OC1CCCC1. The highest BCUT2D eigenvalue weighted by molar-refractivity contribution is 6.04. The maximum atomic E-state index is 6.31. The molecule has 0 saturated heterocycles. The first-order valence-electron chi connectivity index (χ1n) is 9.42. The normalized spacial score (nSPS) is 16.8. The number of allylic oxidation sites excluding steroid dienone is 1. The summed E-state index contributed by atoms with van der Waals surface area (Å²) in [5.41, 5.74) is 5.80. The van der Waals surface area contributed by atoms with Gasteiger partial charge in [-0.15, -0.1) is 0 Å². The average Bonchev–Trinajstić information content (AvgIpc) is 3.29. The number of nitrogens with zero attached hydrogens (tertiary/aromatic N) is 1. The number of para-hydroxylation sites is 1. The third kappa shape index (κ3) is 3.52. The van der Waals surface area contributed by atoms with E-state index in [1.54, 1.807) is 7.11 Å². The fourth-order valence-corrected chi connectivity index (χ4v) is 3.76. The highest BCUT2D eigenvalue weighted by atomic mass is 16.5. The van der Waals surface area contributed by atoms with Gasteiger partial charge in [-0.3, -0.25) is 4.99 Å². The van der Waals surface area contributed by atoms with Crippen molar-refractivity contribution in [1.82, 2.24) is 0 Å². The molecule has 0 amide bonds. The van der Waals surface area contributed by atoms with Gasteiger partial charge in [0.25, 0.3) is 0 Å². The van der Waals surface area contributed by atoms with E-state index in [1.807, 2.05) is 12.1 Å². The molecule has 1 aliphatic heterocycles. The van der Waals surface area contributed by atoms with Gasteiger partial charge in [0.2, 0.25) is 0 Å². The number of rotatable bonds is 5. The van der Waals surface area contributed by atoms with Gasteiger partial charge in [0.1, 0.15) is 0 Å². The highest BCUT2D eigenvalue weighted by Gasteiger charge is 2.20. The number of hydrogen-bond acceptors (Lipinski definition) is 3. The lowest BCUT2D eigenvalue weighted by atomic mass is 10.1.